The molecular formula is C26H28N4O3S. The molecule has 7 nitrogen and oxygen atoms in total. The maximum Gasteiger partial charge on any atom is 0.231 e. The first-order valence-corrected chi connectivity index (χ1v) is 12.2. The molecule has 0 bridgehead atoms. The van der Waals surface area contributed by atoms with Crippen LogP contribution in [0.15, 0.2) is 48.7 Å². The van der Waals surface area contributed by atoms with Crippen molar-refractivity contribution >= 4 is 17.3 Å². The molecular weight excluding hydrogens is 448 g/mol. The van der Waals surface area contributed by atoms with Crippen molar-refractivity contribution < 1.29 is 14.2 Å². The van der Waals surface area contributed by atoms with E-state index in [-0.39, 0.29) is 25.0 Å². The van der Waals surface area contributed by atoms with Crippen molar-refractivity contribution in [1.29, 1.82) is 0 Å². The van der Waals surface area contributed by atoms with Crippen LogP contribution in [0.1, 0.15) is 47.6 Å². The first-order valence-electron chi connectivity index (χ1n) is 11.8. The maximum absolute atomic E-state index is 5.98. The second-order valence-electron chi connectivity index (χ2n) is 9.11. The van der Waals surface area contributed by atoms with Gasteiger partial charge in [-0.15, -0.1) is 0 Å². The topological polar surface area (TPSA) is 60.8 Å². The van der Waals surface area contributed by atoms with Gasteiger partial charge in [0.2, 0.25) is 6.79 Å². The Kier molecular flexibility index (Phi) is 5.42. The van der Waals surface area contributed by atoms with Crippen molar-refractivity contribution in [3.05, 3.63) is 71.3 Å². The molecule has 1 N–H and O–H groups in total. The van der Waals surface area contributed by atoms with Gasteiger partial charge < -0.3 is 29.0 Å². The van der Waals surface area contributed by atoms with Gasteiger partial charge in [-0.25, -0.2) is 0 Å². The van der Waals surface area contributed by atoms with Gasteiger partial charge in [0.1, 0.15) is 0 Å². The van der Waals surface area contributed by atoms with E-state index in [9.17, 15) is 0 Å². The van der Waals surface area contributed by atoms with Gasteiger partial charge in [-0.1, -0.05) is 6.07 Å². The van der Waals surface area contributed by atoms with E-state index in [2.05, 4.69) is 51.8 Å². The molecule has 0 aliphatic carbocycles. The van der Waals surface area contributed by atoms with E-state index in [1.807, 2.05) is 30.5 Å². The number of thiocarbonyl (C=S) groups is 1. The fraction of sp³-hybridized carbons (Fsp3) is 0.385. The Labute approximate surface area is 204 Å². The summed E-state index contributed by atoms with van der Waals surface area (Å²) in [7, 11) is 0. The molecule has 3 aliphatic rings. The highest BCUT2D eigenvalue weighted by Crippen LogP contribution is 2.42. The van der Waals surface area contributed by atoms with E-state index < -0.39 is 0 Å². The molecule has 3 aliphatic heterocycles. The summed E-state index contributed by atoms with van der Waals surface area (Å²) in [5.41, 5.74) is 5.60. The van der Waals surface area contributed by atoms with E-state index >= 15 is 0 Å². The van der Waals surface area contributed by atoms with Crippen LogP contribution in [-0.2, 0) is 4.74 Å². The number of ether oxygens (including phenoxy) is 3. The highest BCUT2D eigenvalue weighted by atomic mass is 32.1. The molecule has 0 radical (unpaired) electrons. The molecule has 2 fully saturated rings. The molecule has 0 spiro atoms. The first kappa shape index (κ1) is 21.4. The van der Waals surface area contributed by atoms with Crippen LogP contribution in [0.5, 0.6) is 11.5 Å². The summed E-state index contributed by atoms with van der Waals surface area (Å²) < 4.78 is 19.4. The molecule has 5 heterocycles. The number of pyridine rings is 1. The van der Waals surface area contributed by atoms with Gasteiger partial charge in [-0.05, 0) is 74.8 Å². The Morgan fingerprint density at radius 3 is 2.79 bits per heavy atom. The van der Waals surface area contributed by atoms with Crippen LogP contribution >= 0.6 is 12.2 Å². The Morgan fingerprint density at radius 1 is 1.12 bits per heavy atom. The Hall–Kier alpha value is -3.10. The zero-order valence-corrected chi connectivity index (χ0v) is 20.2. The summed E-state index contributed by atoms with van der Waals surface area (Å²) in [6.07, 6.45) is 4.21. The molecule has 0 saturated carbocycles. The third-order valence-corrected chi connectivity index (χ3v) is 7.38. The van der Waals surface area contributed by atoms with E-state index in [0.29, 0.717) is 0 Å². The largest absolute Gasteiger partial charge is 0.454 e. The quantitative estimate of drug-likeness (QED) is 0.549. The number of hydrogen-bond acceptors (Lipinski definition) is 5. The first-order chi connectivity index (χ1) is 16.6. The summed E-state index contributed by atoms with van der Waals surface area (Å²) in [5, 5.41) is 4.32. The molecule has 176 valence electrons. The minimum atomic E-state index is -0.0409. The average molecular weight is 477 g/mol. The van der Waals surface area contributed by atoms with Crippen molar-refractivity contribution in [2.45, 2.75) is 44.9 Å². The third-order valence-electron chi connectivity index (χ3n) is 7.03. The number of fused-ring (bicyclic) bond motifs is 1. The maximum atomic E-state index is 5.98. The van der Waals surface area contributed by atoms with Gasteiger partial charge in [-0.3, -0.25) is 4.98 Å². The Balaban J connectivity index is 1.43. The molecule has 0 amide bonds. The lowest BCUT2D eigenvalue weighted by Crippen LogP contribution is -2.36. The van der Waals surface area contributed by atoms with Gasteiger partial charge >= 0.3 is 0 Å². The molecule has 3 atom stereocenters. The van der Waals surface area contributed by atoms with Gasteiger partial charge in [0.15, 0.2) is 16.6 Å². The molecule has 1 aromatic carbocycles. The lowest BCUT2D eigenvalue weighted by atomic mass is 9.96. The second-order valence-corrected chi connectivity index (χ2v) is 9.50. The minimum absolute atomic E-state index is 0.0144. The van der Waals surface area contributed by atoms with Crippen molar-refractivity contribution in [3.63, 3.8) is 0 Å². The zero-order chi connectivity index (χ0) is 23.2. The number of aryl methyl sites for hydroxylation is 1. The monoisotopic (exact) mass is 476 g/mol. The standard InChI is InChI=1S/C26H28N4O3S/c1-16-12-20(17(2)30(16)18-8-9-22-23(13-18)33-15-32-22)25-24(21-7-3-4-10-27-21)28-26(34)29(25)14-19-6-5-11-31-19/h3-4,7-10,12-13,19,24-25H,5-6,11,14-15H2,1-2H3,(H,28,34)/t19-,24-,25-/m0/s1. The van der Waals surface area contributed by atoms with Gasteiger partial charge in [0.05, 0.1) is 23.9 Å². The average Bonchev–Trinajstić information content (AvgIpc) is 3.63. The highest BCUT2D eigenvalue weighted by Gasteiger charge is 2.42. The summed E-state index contributed by atoms with van der Waals surface area (Å²) in [6.45, 7) is 6.18. The number of benzene rings is 1. The molecule has 3 aromatic rings. The summed E-state index contributed by atoms with van der Waals surface area (Å²) in [4.78, 5) is 6.98. The lowest BCUT2D eigenvalue weighted by Gasteiger charge is -2.30. The van der Waals surface area contributed by atoms with E-state index in [1.54, 1.807) is 0 Å². The summed E-state index contributed by atoms with van der Waals surface area (Å²) in [6, 6.07) is 14.4. The molecule has 2 aromatic heterocycles. The van der Waals surface area contributed by atoms with Crippen LogP contribution in [0, 0.1) is 13.8 Å². The van der Waals surface area contributed by atoms with Crippen molar-refractivity contribution in [2.24, 2.45) is 0 Å². The van der Waals surface area contributed by atoms with Crippen molar-refractivity contribution in [2.75, 3.05) is 19.9 Å². The molecule has 8 heteroatoms. The van der Waals surface area contributed by atoms with Crippen molar-refractivity contribution in [3.8, 4) is 17.2 Å². The third kappa shape index (κ3) is 3.61. The summed E-state index contributed by atoms with van der Waals surface area (Å²) in [5.74, 6) is 1.57. The zero-order valence-electron chi connectivity index (χ0n) is 19.4. The number of hydrogen-bond donors (Lipinski definition) is 1. The molecule has 2 saturated heterocycles. The molecule has 0 unspecified atom stereocenters. The smallest absolute Gasteiger partial charge is 0.231 e. The van der Waals surface area contributed by atoms with Crippen LogP contribution in [0.4, 0.5) is 0 Å². The Morgan fingerprint density at radius 2 is 2.00 bits per heavy atom. The number of rotatable bonds is 5. The van der Waals surface area contributed by atoms with Gasteiger partial charge in [0, 0.05) is 42.5 Å². The van der Waals surface area contributed by atoms with Crippen molar-refractivity contribution in [1.82, 2.24) is 19.8 Å². The summed E-state index contributed by atoms with van der Waals surface area (Å²) >= 11 is 5.85. The highest BCUT2D eigenvalue weighted by molar-refractivity contribution is 7.80. The van der Waals surface area contributed by atoms with Crippen LogP contribution in [0.2, 0.25) is 0 Å². The molecule has 34 heavy (non-hydrogen) atoms. The van der Waals surface area contributed by atoms with E-state index in [4.69, 9.17) is 26.4 Å². The predicted molar refractivity (Wildman–Crippen MR) is 132 cm³/mol. The fourth-order valence-electron chi connectivity index (χ4n) is 5.46. The SMILES string of the molecule is Cc1cc([C@H]2[C@H](c3ccccn3)NC(=S)N2C[C@@H]2CCCO2)c(C)n1-c1ccc2c(c1)OCO2. The van der Waals surface area contributed by atoms with Gasteiger partial charge in [0.25, 0.3) is 0 Å². The second kappa shape index (κ2) is 8.60. The van der Waals surface area contributed by atoms with Crippen LogP contribution in [0.3, 0.4) is 0 Å². The number of nitrogens with one attached hydrogen (secondary N) is 1. The number of nitrogens with zero attached hydrogens (tertiary/aromatic N) is 3. The minimum Gasteiger partial charge on any atom is -0.454 e. The lowest BCUT2D eigenvalue weighted by molar-refractivity contribution is 0.0842. The predicted octanol–water partition coefficient (Wildman–Crippen LogP) is 4.37. The van der Waals surface area contributed by atoms with E-state index in [0.717, 1.165) is 59.7 Å². The van der Waals surface area contributed by atoms with Crippen LogP contribution in [0.25, 0.3) is 5.69 Å². The fourth-order valence-corrected chi connectivity index (χ4v) is 5.77. The molecule has 6 rings (SSSR count). The number of aromatic nitrogens is 2. The van der Waals surface area contributed by atoms with Crippen LogP contribution in [-0.4, -0.2) is 45.6 Å². The van der Waals surface area contributed by atoms with Crippen LogP contribution < -0.4 is 14.8 Å². The van der Waals surface area contributed by atoms with E-state index in [1.165, 1.54) is 11.3 Å². The normalized spacial score (nSPS) is 23.5. The van der Waals surface area contributed by atoms with Gasteiger partial charge in [-0.2, -0.15) is 0 Å². The Bertz CT molecular complexity index is 1220.